The predicted molar refractivity (Wildman–Crippen MR) is 118 cm³/mol. The fraction of sp³-hybridized carbons (Fsp3) is 0.500. The molecule has 0 spiro atoms. The van der Waals surface area contributed by atoms with Gasteiger partial charge in [-0.2, -0.15) is 0 Å². The van der Waals surface area contributed by atoms with E-state index in [1.807, 2.05) is 4.57 Å². The van der Waals surface area contributed by atoms with Crippen molar-refractivity contribution in [2.45, 2.75) is 25.5 Å². The minimum Gasteiger partial charge on any atom is -0.454 e. The van der Waals surface area contributed by atoms with Gasteiger partial charge in [-0.3, -0.25) is 14.7 Å². The molecule has 3 amide bonds. The monoisotopic (exact) mass is 462 g/mol. The number of rotatable bonds is 7. The number of nitrogens with one attached hydrogen (secondary N) is 2. The number of thioether (sulfide) groups is 1. The number of morpholine rings is 1. The number of hydrogen-bond donors (Lipinski definition) is 2. The number of urea groups is 1. The lowest BCUT2D eigenvalue weighted by atomic mass is 10.2. The molecule has 1 saturated heterocycles. The number of ether oxygens (including phenoxy) is 3. The van der Waals surface area contributed by atoms with Crippen molar-refractivity contribution >= 4 is 35.3 Å². The average molecular weight is 463 g/mol. The second-order valence-electron chi connectivity index (χ2n) is 7.75. The van der Waals surface area contributed by atoms with Gasteiger partial charge in [0.05, 0.1) is 19.0 Å². The number of fused-ring (bicyclic) bond motifs is 1. The number of hydrogen-bond acceptors (Lipinski definition) is 9. The molecule has 172 valence electrons. The number of benzene rings is 1. The smallest absolute Gasteiger partial charge is 0.325 e. The van der Waals surface area contributed by atoms with E-state index in [9.17, 15) is 9.59 Å². The van der Waals surface area contributed by atoms with Gasteiger partial charge in [-0.1, -0.05) is 25.6 Å². The van der Waals surface area contributed by atoms with E-state index in [2.05, 4.69) is 39.6 Å². The lowest BCUT2D eigenvalue weighted by Gasteiger charge is -2.28. The number of amides is 3. The Morgan fingerprint density at radius 2 is 1.94 bits per heavy atom. The highest BCUT2D eigenvalue weighted by atomic mass is 32.2. The maximum atomic E-state index is 12.3. The van der Waals surface area contributed by atoms with Gasteiger partial charge in [-0.25, -0.2) is 4.79 Å². The Morgan fingerprint density at radius 1 is 1.16 bits per heavy atom. The Kier molecular flexibility index (Phi) is 7.00. The van der Waals surface area contributed by atoms with E-state index in [0.29, 0.717) is 41.5 Å². The first-order valence-electron chi connectivity index (χ1n) is 10.4. The summed E-state index contributed by atoms with van der Waals surface area (Å²) >= 11 is 1.25. The largest absolute Gasteiger partial charge is 0.454 e. The molecular formula is C20H26N6O5S. The first-order valence-corrected chi connectivity index (χ1v) is 11.4. The Balaban J connectivity index is 1.33. The number of imide groups is 1. The highest BCUT2D eigenvalue weighted by Gasteiger charge is 2.22. The second-order valence-corrected chi connectivity index (χ2v) is 8.69. The zero-order valence-electron chi connectivity index (χ0n) is 18.0. The van der Waals surface area contributed by atoms with Gasteiger partial charge in [0, 0.05) is 31.4 Å². The molecular weight excluding hydrogens is 436 g/mol. The molecule has 3 heterocycles. The molecule has 1 aromatic heterocycles. The molecule has 11 nitrogen and oxygen atoms in total. The van der Waals surface area contributed by atoms with E-state index in [1.165, 1.54) is 11.8 Å². The third kappa shape index (κ3) is 5.43. The molecule has 0 bridgehead atoms. The summed E-state index contributed by atoms with van der Waals surface area (Å²) in [5.74, 6) is 1.93. The highest BCUT2D eigenvalue weighted by molar-refractivity contribution is 7.99. The van der Waals surface area contributed by atoms with Crippen molar-refractivity contribution in [3.8, 4) is 11.5 Å². The third-order valence-corrected chi connectivity index (χ3v) is 5.72. The maximum absolute atomic E-state index is 12.3. The summed E-state index contributed by atoms with van der Waals surface area (Å²) < 4.78 is 18.0. The Bertz CT molecular complexity index is 975. The summed E-state index contributed by atoms with van der Waals surface area (Å²) in [6.45, 7) is 7.91. The van der Waals surface area contributed by atoms with Gasteiger partial charge in [-0.05, 0) is 18.1 Å². The van der Waals surface area contributed by atoms with E-state index in [0.717, 1.165) is 25.6 Å². The second kappa shape index (κ2) is 10.1. The van der Waals surface area contributed by atoms with Crippen molar-refractivity contribution in [3.63, 3.8) is 0 Å². The summed E-state index contributed by atoms with van der Waals surface area (Å²) in [6.07, 6.45) is 0. The number of carbonyl (C=O) groups excluding carboxylic acids is 2. The van der Waals surface area contributed by atoms with E-state index in [4.69, 9.17) is 14.2 Å². The topological polar surface area (TPSA) is 120 Å². The zero-order chi connectivity index (χ0) is 22.5. The van der Waals surface area contributed by atoms with Crippen LogP contribution < -0.4 is 25.0 Å². The first kappa shape index (κ1) is 22.2. The Morgan fingerprint density at radius 3 is 2.72 bits per heavy atom. The lowest BCUT2D eigenvalue weighted by Crippen LogP contribution is -2.38. The van der Waals surface area contributed by atoms with Crippen LogP contribution in [0, 0.1) is 5.92 Å². The zero-order valence-corrected chi connectivity index (χ0v) is 18.8. The summed E-state index contributed by atoms with van der Waals surface area (Å²) in [7, 11) is 0. The van der Waals surface area contributed by atoms with Gasteiger partial charge < -0.3 is 24.4 Å². The van der Waals surface area contributed by atoms with Gasteiger partial charge in [-0.15, -0.1) is 10.2 Å². The normalized spacial score (nSPS) is 15.2. The highest BCUT2D eigenvalue weighted by Crippen LogP contribution is 2.34. The van der Waals surface area contributed by atoms with Gasteiger partial charge in [0.2, 0.25) is 18.6 Å². The van der Waals surface area contributed by atoms with E-state index < -0.39 is 11.9 Å². The summed E-state index contributed by atoms with van der Waals surface area (Å²) in [4.78, 5) is 26.6. The molecule has 12 heteroatoms. The average Bonchev–Trinajstić information content (AvgIpc) is 3.39. The molecule has 2 aromatic rings. The van der Waals surface area contributed by atoms with Crippen LogP contribution in [0.4, 0.5) is 16.4 Å². The molecule has 4 rings (SSSR count). The summed E-state index contributed by atoms with van der Waals surface area (Å²) in [6, 6.07) is 4.40. The third-order valence-electron chi connectivity index (χ3n) is 4.75. The van der Waals surface area contributed by atoms with Crippen LogP contribution in [0.2, 0.25) is 0 Å². The molecule has 1 aromatic carbocycles. The van der Waals surface area contributed by atoms with Crippen molar-refractivity contribution in [1.29, 1.82) is 0 Å². The van der Waals surface area contributed by atoms with Crippen molar-refractivity contribution in [3.05, 3.63) is 18.2 Å². The standard InChI is InChI=1S/C20H26N6O5S/c1-13(2)10-26-19(25-5-7-29-8-6-25)23-24-20(26)32-11-17(27)22-18(28)21-14-3-4-15-16(9-14)31-12-30-15/h3-4,9,13H,5-8,10-12H2,1-2H3,(H2,21,22,27,28). The number of carbonyl (C=O) groups is 2. The summed E-state index contributed by atoms with van der Waals surface area (Å²) in [5, 5.41) is 14.2. The molecule has 2 aliphatic heterocycles. The van der Waals surface area contributed by atoms with Crippen LogP contribution in [0.5, 0.6) is 11.5 Å². The van der Waals surface area contributed by atoms with E-state index in [1.54, 1.807) is 18.2 Å². The van der Waals surface area contributed by atoms with Crippen LogP contribution >= 0.6 is 11.8 Å². The molecule has 1 fully saturated rings. The molecule has 0 saturated carbocycles. The fourth-order valence-electron chi connectivity index (χ4n) is 3.34. The van der Waals surface area contributed by atoms with Gasteiger partial charge in [0.15, 0.2) is 16.7 Å². The molecule has 32 heavy (non-hydrogen) atoms. The van der Waals surface area contributed by atoms with Crippen LogP contribution in [-0.4, -0.2) is 65.6 Å². The van der Waals surface area contributed by atoms with Gasteiger partial charge >= 0.3 is 6.03 Å². The maximum Gasteiger partial charge on any atom is 0.325 e. The van der Waals surface area contributed by atoms with Crippen molar-refractivity contribution in [2.24, 2.45) is 5.92 Å². The Labute approximate surface area is 189 Å². The quantitative estimate of drug-likeness (QED) is 0.595. The molecule has 2 N–H and O–H groups in total. The molecule has 2 aliphatic rings. The minimum absolute atomic E-state index is 0.0356. The number of anilines is 2. The molecule has 0 atom stereocenters. The van der Waals surface area contributed by atoms with Gasteiger partial charge in [0.25, 0.3) is 0 Å². The van der Waals surface area contributed by atoms with Crippen LogP contribution in [0.1, 0.15) is 13.8 Å². The molecule has 0 radical (unpaired) electrons. The SMILES string of the molecule is CC(C)Cn1c(SCC(=O)NC(=O)Nc2ccc3c(c2)OCO3)nnc1N1CCOCC1. The van der Waals surface area contributed by atoms with Crippen LogP contribution in [0.3, 0.4) is 0 Å². The molecule has 0 aliphatic carbocycles. The van der Waals surface area contributed by atoms with Crippen molar-refractivity contribution < 1.29 is 23.8 Å². The Hall–Kier alpha value is -2.99. The van der Waals surface area contributed by atoms with Crippen LogP contribution in [0.15, 0.2) is 23.4 Å². The van der Waals surface area contributed by atoms with E-state index >= 15 is 0 Å². The lowest BCUT2D eigenvalue weighted by molar-refractivity contribution is -0.117. The first-order chi connectivity index (χ1) is 15.5. The van der Waals surface area contributed by atoms with E-state index in [-0.39, 0.29) is 12.5 Å². The van der Waals surface area contributed by atoms with Gasteiger partial charge in [0.1, 0.15) is 0 Å². The number of aromatic nitrogens is 3. The van der Waals surface area contributed by atoms with Crippen LogP contribution in [-0.2, 0) is 16.1 Å². The van der Waals surface area contributed by atoms with Crippen LogP contribution in [0.25, 0.3) is 0 Å². The number of nitrogens with zero attached hydrogens (tertiary/aromatic N) is 4. The van der Waals surface area contributed by atoms with Crippen molar-refractivity contribution in [1.82, 2.24) is 20.1 Å². The minimum atomic E-state index is -0.618. The predicted octanol–water partition coefficient (Wildman–Crippen LogP) is 1.94. The van der Waals surface area contributed by atoms with Crippen molar-refractivity contribution in [2.75, 3.05) is 49.1 Å². The fourth-order valence-corrected chi connectivity index (χ4v) is 4.08. The summed E-state index contributed by atoms with van der Waals surface area (Å²) in [5.41, 5.74) is 0.499. The molecule has 0 unspecified atom stereocenters.